The molecule has 2 nitrogen and oxygen atoms in total. The molecule has 0 spiro atoms. The molecule has 54 valence electrons. The Kier molecular flexibility index (Phi) is 2.27. The Labute approximate surface area is 68.4 Å². The van der Waals surface area contributed by atoms with E-state index in [-0.39, 0.29) is 0 Å². The summed E-state index contributed by atoms with van der Waals surface area (Å²) in [4.78, 5) is 4.12. The second kappa shape index (κ2) is 3.01. The molecule has 0 saturated heterocycles. The van der Waals surface area contributed by atoms with Gasteiger partial charge >= 0.3 is 0 Å². The van der Waals surface area contributed by atoms with Gasteiger partial charge in [-0.1, -0.05) is 0 Å². The summed E-state index contributed by atoms with van der Waals surface area (Å²) in [7, 11) is 1.60. The van der Waals surface area contributed by atoms with Crippen LogP contribution in [0.2, 0.25) is 0 Å². The van der Waals surface area contributed by atoms with Crippen molar-refractivity contribution in [1.82, 2.24) is 4.98 Å². The summed E-state index contributed by atoms with van der Waals surface area (Å²) in [6.45, 7) is 1.93. The molecule has 1 rings (SSSR count). The molecule has 0 saturated carbocycles. The van der Waals surface area contributed by atoms with Crippen molar-refractivity contribution in [3.63, 3.8) is 0 Å². The second-order valence-electron chi connectivity index (χ2n) is 1.94. The fourth-order valence-corrected chi connectivity index (χ4v) is 1.04. The number of aryl methyl sites for hydroxylation is 1. The van der Waals surface area contributed by atoms with Crippen LogP contribution in [0.5, 0.6) is 5.88 Å². The maximum Gasteiger partial charge on any atom is 0.227 e. The molecule has 0 N–H and O–H groups in total. The van der Waals surface area contributed by atoms with Gasteiger partial charge in [-0.05, 0) is 35.0 Å². The molecular formula is C7H8BrNO. The highest BCUT2D eigenvalue weighted by atomic mass is 79.9. The van der Waals surface area contributed by atoms with Crippen LogP contribution in [-0.4, -0.2) is 12.1 Å². The van der Waals surface area contributed by atoms with Crippen molar-refractivity contribution in [3.8, 4) is 5.88 Å². The minimum Gasteiger partial charge on any atom is -0.480 e. The van der Waals surface area contributed by atoms with E-state index in [2.05, 4.69) is 20.9 Å². The number of hydrogen-bond donors (Lipinski definition) is 0. The molecule has 3 heteroatoms. The second-order valence-corrected chi connectivity index (χ2v) is 2.80. The molecule has 0 unspecified atom stereocenters. The molecule has 0 radical (unpaired) electrons. The van der Waals surface area contributed by atoms with E-state index >= 15 is 0 Å². The standard InChI is InChI=1S/C7H8BrNO/c1-5-3-4-6(8)7(9-5)10-2/h3-4H,1-2H3. The molecular weight excluding hydrogens is 194 g/mol. The molecule has 0 aliphatic carbocycles. The molecule has 0 aliphatic rings. The van der Waals surface area contributed by atoms with Crippen LogP contribution in [0.4, 0.5) is 0 Å². The van der Waals surface area contributed by atoms with Crippen molar-refractivity contribution in [1.29, 1.82) is 0 Å². The summed E-state index contributed by atoms with van der Waals surface area (Å²) >= 11 is 3.30. The highest BCUT2D eigenvalue weighted by Crippen LogP contribution is 2.21. The third-order valence-corrected chi connectivity index (χ3v) is 1.75. The van der Waals surface area contributed by atoms with Crippen molar-refractivity contribution in [2.45, 2.75) is 6.92 Å². The van der Waals surface area contributed by atoms with Gasteiger partial charge in [0, 0.05) is 5.69 Å². The lowest BCUT2D eigenvalue weighted by molar-refractivity contribution is 0.394. The lowest BCUT2D eigenvalue weighted by Crippen LogP contribution is -1.89. The van der Waals surface area contributed by atoms with Crippen LogP contribution in [0.25, 0.3) is 0 Å². The van der Waals surface area contributed by atoms with E-state index in [1.807, 2.05) is 19.1 Å². The van der Waals surface area contributed by atoms with Gasteiger partial charge in [0.1, 0.15) is 0 Å². The fourth-order valence-electron chi connectivity index (χ4n) is 0.659. The monoisotopic (exact) mass is 201 g/mol. The Morgan fingerprint density at radius 1 is 1.50 bits per heavy atom. The Bertz CT molecular complexity index is 237. The quantitative estimate of drug-likeness (QED) is 0.696. The van der Waals surface area contributed by atoms with E-state index in [0.29, 0.717) is 5.88 Å². The summed E-state index contributed by atoms with van der Waals surface area (Å²) in [6.07, 6.45) is 0. The number of rotatable bonds is 1. The molecule has 0 atom stereocenters. The van der Waals surface area contributed by atoms with Crippen LogP contribution in [-0.2, 0) is 0 Å². The summed E-state index contributed by atoms with van der Waals surface area (Å²) in [5, 5.41) is 0. The van der Waals surface area contributed by atoms with Crippen LogP contribution >= 0.6 is 15.9 Å². The lowest BCUT2D eigenvalue weighted by Gasteiger charge is -2.00. The first-order valence-corrected chi connectivity index (χ1v) is 3.70. The first kappa shape index (κ1) is 7.54. The summed E-state index contributed by atoms with van der Waals surface area (Å²) in [6, 6.07) is 3.84. The zero-order chi connectivity index (χ0) is 7.56. The van der Waals surface area contributed by atoms with Gasteiger partial charge in [0.25, 0.3) is 0 Å². The van der Waals surface area contributed by atoms with E-state index in [1.54, 1.807) is 7.11 Å². The predicted molar refractivity (Wildman–Crippen MR) is 43.2 cm³/mol. The van der Waals surface area contributed by atoms with E-state index in [1.165, 1.54) is 0 Å². The van der Waals surface area contributed by atoms with Crippen LogP contribution in [0.1, 0.15) is 5.69 Å². The van der Waals surface area contributed by atoms with Gasteiger partial charge in [-0.3, -0.25) is 0 Å². The summed E-state index contributed by atoms with van der Waals surface area (Å²) in [5.74, 6) is 0.639. The third-order valence-electron chi connectivity index (χ3n) is 1.15. The van der Waals surface area contributed by atoms with Crippen LogP contribution in [0.15, 0.2) is 16.6 Å². The van der Waals surface area contributed by atoms with Gasteiger partial charge < -0.3 is 4.74 Å². The van der Waals surface area contributed by atoms with Gasteiger partial charge in [0.2, 0.25) is 5.88 Å². The van der Waals surface area contributed by atoms with Crippen LogP contribution in [0.3, 0.4) is 0 Å². The molecule has 0 aliphatic heterocycles. The van der Waals surface area contributed by atoms with Crippen molar-refractivity contribution < 1.29 is 4.74 Å². The number of ether oxygens (including phenoxy) is 1. The van der Waals surface area contributed by atoms with Gasteiger partial charge in [-0.2, -0.15) is 0 Å². The largest absolute Gasteiger partial charge is 0.480 e. The zero-order valence-corrected chi connectivity index (χ0v) is 7.47. The Hall–Kier alpha value is -0.570. The van der Waals surface area contributed by atoms with Crippen molar-refractivity contribution in [2.24, 2.45) is 0 Å². The molecule has 0 aromatic carbocycles. The lowest BCUT2D eigenvalue weighted by atomic mass is 10.4. The highest BCUT2D eigenvalue weighted by molar-refractivity contribution is 9.10. The average Bonchev–Trinajstić information content (AvgIpc) is 1.94. The van der Waals surface area contributed by atoms with Gasteiger partial charge in [-0.25, -0.2) is 4.98 Å². The van der Waals surface area contributed by atoms with Crippen molar-refractivity contribution in [3.05, 3.63) is 22.3 Å². The predicted octanol–water partition coefficient (Wildman–Crippen LogP) is 2.16. The maximum atomic E-state index is 4.97. The van der Waals surface area contributed by atoms with Crippen molar-refractivity contribution >= 4 is 15.9 Å². The maximum absolute atomic E-state index is 4.97. The van der Waals surface area contributed by atoms with Gasteiger partial charge in [0.15, 0.2) is 0 Å². The van der Waals surface area contributed by atoms with E-state index in [4.69, 9.17) is 4.74 Å². The molecule has 1 heterocycles. The summed E-state index contributed by atoms with van der Waals surface area (Å²) in [5.41, 5.74) is 0.958. The molecule has 1 aromatic heterocycles. The fraction of sp³-hybridized carbons (Fsp3) is 0.286. The Morgan fingerprint density at radius 2 is 2.20 bits per heavy atom. The highest BCUT2D eigenvalue weighted by Gasteiger charge is 1.98. The Balaban J connectivity index is 3.09. The molecule has 10 heavy (non-hydrogen) atoms. The first-order valence-electron chi connectivity index (χ1n) is 2.91. The molecule has 1 aromatic rings. The number of pyridine rings is 1. The molecule has 0 bridgehead atoms. The van der Waals surface area contributed by atoms with E-state index in [9.17, 15) is 0 Å². The first-order chi connectivity index (χ1) is 4.74. The zero-order valence-electron chi connectivity index (χ0n) is 5.89. The minimum atomic E-state index is 0.639. The minimum absolute atomic E-state index is 0.639. The van der Waals surface area contributed by atoms with Crippen molar-refractivity contribution in [2.75, 3.05) is 7.11 Å². The Morgan fingerprint density at radius 3 is 2.70 bits per heavy atom. The molecule has 0 amide bonds. The normalized spacial score (nSPS) is 9.50. The number of hydrogen-bond acceptors (Lipinski definition) is 2. The number of aromatic nitrogens is 1. The van der Waals surface area contributed by atoms with Gasteiger partial charge in [0.05, 0.1) is 11.6 Å². The SMILES string of the molecule is COc1nc(C)ccc1Br. The van der Waals surface area contributed by atoms with Gasteiger partial charge in [-0.15, -0.1) is 0 Å². The smallest absolute Gasteiger partial charge is 0.227 e. The number of nitrogens with zero attached hydrogens (tertiary/aromatic N) is 1. The number of halogens is 1. The third kappa shape index (κ3) is 1.48. The van der Waals surface area contributed by atoms with E-state index < -0.39 is 0 Å². The summed E-state index contributed by atoms with van der Waals surface area (Å²) < 4.78 is 5.86. The van der Waals surface area contributed by atoms with Crippen LogP contribution < -0.4 is 4.74 Å². The topological polar surface area (TPSA) is 22.1 Å². The molecule has 0 fully saturated rings. The average molecular weight is 202 g/mol. The number of methoxy groups -OCH3 is 1. The van der Waals surface area contributed by atoms with Crippen LogP contribution in [0, 0.1) is 6.92 Å². The van der Waals surface area contributed by atoms with E-state index in [0.717, 1.165) is 10.2 Å².